The number of fused-ring (bicyclic) bond motifs is 1. The third-order valence-corrected chi connectivity index (χ3v) is 4.47. The van der Waals surface area contributed by atoms with Gasteiger partial charge in [-0.25, -0.2) is 4.79 Å². The topological polar surface area (TPSA) is 57.2 Å². The smallest absolute Gasteiger partial charge is 0.339 e. The fourth-order valence-electron chi connectivity index (χ4n) is 3.40. The molecule has 25 heavy (non-hydrogen) atoms. The van der Waals surface area contributed by atoms with Crippen LogP contribution in [0.25, 0.3) is 0 Å². The largest absolute Gasteiger partial charge is 0.486 e. The molecule has 0 spiro atoms. The van der Waals surface area contributed by atoms with E-state index in [1.807, 2.05) is 24.3 Å². The molecule has 2 heterocycles. The second kappa shape index (κ2) is 9.24. The molecule has 2 aliphatic heterocycles. The second-order valence-corrected chi connectivity index (χ2v) is 6.98. The maximum atomic E-state index is 10.8. The van der Waals surface area contributed by atoms with Gasteiger partial charge in [0.25, 0.3) is 0 Å². The van der Waals surface area contributed by atoms with Crippen molar-refractivity contribution in [3.05, 3.63) is 24.3 Å². The number of carbonyl (C=O) groups excluding carboxylic acids is 1. The average Bonchev–Trinajstić information content (AvgIpc) is 2.54. The molecule has 2 atom stereocenters. The molecule has 0 N–H and O–H groups in total. The number of para-hydroxylation sites is 2. The Morgan fingerprint density at radius 2 is 2.12 bits per heavy atom. The van der Waals surface area contributed by atoms with Crippen molar-refractivity contribution in [2.45, 2.75) is 32.8 Å². The van der Waals surface area contributed by atoms with E-state index < -0.39 is 5.97 Å². The fraction of sp³-hybridized carbons (Fsp3) is 0.611. The van der Waals surface area contributed by atoms with Crippen LogP contribution < -0.4 is 9.47 Å². The molecule has 1 aromatic rings. The minimum Gasteiger partial charge on any atom is -0.486 e. The molecule has 0 aliphatic carbocycles. The minimum absolute atomic E-state index is 0. The van der Waals surface area contributed by atoms with Gasteiger partial charge in [-0.15, -0.1) is 0 Å². The van der Waals surface area contributed by atoms with E-state index in [2.05, 4.69) is 16.7 Å². The monoisotopic (exact) mass is 358 g/mol. The summed E-state index contributed by atoms with van der Waals surface area (Å²) in [6.07, 6.45) is 2.16. The zero-order valence-electron chi connectivity index (χ0n) is 15.3. The van der Waals surface area contributed by atoms with Gasteiger partial charge in [0.15, 0.2) is 11.5 Å². The first-order chi connectivity index (χ1) is 11.5. The van der Waals surface area contributed by atoms with Crippen molar-refractivity contribution in [1.29, 1.82) is 0 Å². The van der Waals surface area contributed by atoms with Crippen LogP contribution in [0.2, 0.25) is 0 Å². The van der Waals surface area contributed by atoms with Crippen LogP contribution in [0.4, 0.5) is 0 Å². The molecule has 3 rings (SSSR count). The van der Waals surface area contributed by atoms with Crippen LogP contribution in [0.15, 0.2) is 24.3 Å². The Balaban J connectivity index is 0.00000225. The molecular formula is C18H25NNaO5. The summed E-state index contributed by atoms with van der Waals surface area (Å²) in [5.74, 6) is 1.21. The number of nitrogens with zero attached hydrogens (tertiary/aromatic N) is 1. The van der Waals surface area contributed by atoms with Gasteiger partial charge in [0.05, 0.1) is 0 Å². The number of hydrogen-bond acceptors (Lipinski definition) is 6. The molecule has 1 aromatic carbocycles. The Morgan fingerprint density at radius 3 is 2.88 bits per heavy atom. The Hall–Kier alpha value is -0.790. The van der Waals surface area contributed by atoms with Crippen molar-refractivity contribution < 1.29 is 24.0 Å². The van der Waals surface area contributed by atoms with Gasteiger partial charge in [0, 0.05) is 55.0 Å². The summed E-state index contributed by atoms with van der Waals surface area (Å²) in [7, 11) is 0. The maximum Gasteiger partial charge on any atom is 0.339 e. The number of rotatable bonds is 5. The summed E-state index contributed by atoms with van der Waals surface area (Å²) in [4.78, 5) is 22.9. The molecule has 0 bridgehead atoms. The predicted molar refractivity (Wildman–Crippen MR) is 93.6 cm³/mol. The van der Waals surface area contributed by atoms with Crippen LogP contribution in [-0.4, -0.2) is 79.4 Å². The molecule has 133 valence electrons. The first-order valence-electron chi connectivity index (χ1n) is 8.45. The number of hydrogen-bond donors (Lipinski definition) is 0. The maximum absolute atomic E-state index is 10.8. The SMILES string of the molecule is CC(=O)OOC[C@@]1(C)CCCN(C[C@H]2COc3ccccc3O2)C1.[Na]. The first kappa shape index (κ1) is 20.5. The van der Waals surface area contributed by atoms with E-state index in [0.717, 1.165) is 44.0 Å². The van der Waals surface area contributed by atoms with Crippen molar-refractivity contribution in [2.24, 2.45) is 5.41 Å². The van der Waals surface area contributed by atoms with Crippen LogP contribution in [0.3, 0.4) is 0 Å². The van der Waals surface area contributed by atoms with Gasteiger partial charge in [-0.2, -0.15) is 4.89 Å². The summed E-state index contributed by atoms with van der Waals surface area (Å²) in [5, 5.41) is 0. The molecule has 0 unspecified atom stereocenters. The quantitative estimate of drug-likeness (QED) is 0.456. The number of benzene rings is 1. The molecule has 0 amide bonds. The van der Waals surface area contributed by atoms with Crippen molar-refractivity contribution >= 4 is 35.5 Å². The van der Waals surface area contributed by atoms with Gasteiger partial charge in [-0.1, -0.05) is 19.1 Å². The van der Waals surface area contributed by atoms with Crippen LogP contribution >= 0.6 is 0 Å². The molecule has 2 aliphatic rings. The second-order valence-electron chi connectivity index (χ2n) is 6.98. The number of carbonyl (C=O) groups is 1. The minimum atomic E-state index is -0.419. The number of likely N-dealkylation sites (tertiary alicyclic amines) is 1. The molecule has 0 aromatic heterocycles. The summed E-state index contributed by atoms with van der Waals surface area (Å²) < 4.78 is 11.8. The zero-order valence-corrected chi connectivity index (χ0v) is 17.3. The summed E-state index contributed by atoms with van der Waals surface area (Å²) >= 11 is 0. The Bertz CT molecular complexity index is 584. The van der Waals surface area contributed by atoms with Crippen LogP contribution in [-0.2, 0) is 14.6 Å². The van der Waals surface area contributed by atoms with Crippen LogP contribution in [0.5, 0.6) is 11.5 Å². The van der Waals surface area contributed by atoms with Gasteiger partial charge >= 0.3 is 5.97 Å². The van der Waals surface area contributed by atoms with Gasteiger partial charge in [0.1, 0.15) is 19.3 Å². The van der Waals surface area contributed by atoms with Gasteiger partial charge in [-0.05, 0) is 31.5 Å². The third-order valence-electron chi connectivity index (χ3n) is 4.47. The molecule has 1 fully saturated rings. The van der Waals surface area contributed by atoms with E-state index in [1.165, 1.54) is 6.92 Å². The summed E-state index contributed by atoms with van der Waals surface area (Å²) in [6.45, 7) is 7.21. The van der Waals surface area contributed by atoms with E-state index in [0.29, 0.717) is 13.2 Å². The van der Waals surface area contributed by atoms with Crippen LogP contribution in [0.1, 0.15) is 26.7 Å². The van der Waals surface area contributed by atoms with Crippen molar-refractivity contribution in [3.63, 3.8) is 0 Å². The normalized spacial score (nSPS) is 25.8. The van der Waals surface area contributed by atoms with Crippen molar-refractivity contribution in [3.8, 4) is 11.5 Å². The van der Waals surface area contributed by atoms with E-state index in [4.69, 9.17) is 14.4 Å². The molecular weight excluding hydrogens is 333 g/mol. The fourth-order valence-corrected chi connectivity index (χ4v) is 3.40. The number of ether oxygens (including phenoxy) is 2. The van der Waals surface area contributed by atoms with Crippen LogP contribution in [0, 0.1) is 5.41 Å². The molecule has 7 heteroatoms. The van der Waals surface area contributed by atoms with E-state index >= 15 is 0 Å². The van der Waals surface area contributed by atoms with Crippen molar-refractivity contribution in [1.82, 2.24) is 4.90 Å². The van der Waals surface area contributed by atoms with E-state index in [1.54, 1.807) is 0 Å². The molecule has 1 saturated heterocycles. The summed E-state index contributed by atoms with van der Waals surface area (Å²) in [5.41, 5.74) is -0.0267. The van der Waals surface area contributed by atoms with Crippen molar-refractivity contribution in [2.75, 3.05) is 32.8 Å². The average molecular weight is 358 g/mol. The molecule has 0 saturated carbocycles. The number of piperidine rings is 1. The Labute approximate surface area is 171 Å². The van der Waals surface area contributed by atoms with E-state index in [9.17, 15) is 4.79 Å². The predicted octanol–water partition coefficient (Wildman–Crippen LogP) is 2.04. The summed E-state index contributed by atoms with van der Waals surface area (Å²) in [6, 6.07) is 7.77. The Kier molecular flexibility index (Phi) is 7.58. The van der Waals surface area contributed by atoms with Gasteiger partial charge in [0.2, 0.25) is 0 Å². The molecule has 1 radical (unpaired) electrons. The first-order valence-corrected chi connectivity index (χ1v) is 8.45. The third kappa shape index (κ3) is 5.86. The Morgan fingerprint density at radius 1 is 1.36 bits per heavy atom. The molecule has 6 nitrogen and oxygen atoms in total. The van der Waals surface area contributed by atoms with Gasteiger partial charge < -0.3 is 9.47 Å². The zero-order chi connectivity index (χ0) is 17.0. The standard InChI is InChI=1S/C18H25NO5.Na/c1-14(20)24-22-13-18(2)8-5-9-19(12-18)10-15-11-21-16-6-3-4-7-17(16)23-15;/h3-4,6-7,15H,5,8-13H2,1-2H3;/t15-,18-;/m0./s1. The van der Waals surface area contributed by atoms with Gasteiger partial charge in [-0.3, -0.25) is 9.79 Å². The van der Waals surface area contributed by atoms with E-state index in [-0.39, 0.29) is 41.1 Å².